The smallest absolute Gasteiger partial charge is 0.00600 e. The molecule has 0 N–H and O–H groups in total. The van der Waals surface area contributed by atoms with E-state index in [1.54, 1.807) is 0 Å². The highest BCUT2D eigenvalue weighted by Gasteiger charge is 1.98. The first-order valence-corrected chi connectivity index (χ1v) is 4.53. The van der Waals surface area contributed by atoms with Crippen molar-refractivity contribution in [2.75, 3.05) is 0 Å². The molecule has 0 fully saturated rings. The molecule has 0 aliphatic heterocycles. The largest absolute Gasteiger partial charge is 0.117 e. The van der Waals surface area contributed by atoms with Gasteiger partial charge in [0.25, 0.3) is 0 Å². The Bertz CT molecular complexity index is 212. The fraction of sp³-hybridized carbons (Fsp3) is 0.545. The van der Waals surface area contributed by atoms with Crippen molar-refractivity contribution >= 4 is 0 Å². The molecular weight excluding hydrogens is 132 g/mol. The van der Waals surface area contributed by atoms with Crippen LogP contribution >= 0.6 is 0 Å². The van der Waals surface area contributed by atoms with Crippen molar-refractivity contribution in [1.82, 2.24) is 0 Å². The molecule has 0 bridgehead atoms. The van der Waals surface area contributed by atoms with Gasteiger partial charge in [0.1, 0.15) is 0 Å². The first-order valence-electron chi connectivity index (χ1n) is 4.53. The van der Waals surface area contributed by atoms with Crippen LogP contribution in [0.25, 0.3) is 0 Å². The van der Waals surface area contributed by atoms with Crippen LogP contribution in [0.2, 0.25) is 0 Å². The quantitative estimate of drug-likeness (QED) is 0.534. The zero-order valence-corrected chi connectivity index (χ0v) is 7.48. The zero-order valence-electron chi connectivity index (χ0n) is 7.48. The van der Waals surface area contributed by atoms with Crippen molar-refractivity contribution in [2.24, 2.45) is 0 Å². The van der Waals surface area contributed by atoms with Gasteiger partial charge < -0.3 is 0 Å². The monoisotopic (exact) mass is 148 g/mol. The molecule has 1 aliphatic rings. The van der Waals surface area contributed by atoms with Gasteiger partial charge in [0.05, 0.1) is 0 Å². The molecule has 0 radical (unpaired) electrons. The summed E-state index contributed by atoms with van der Waals surface area (Å²) in [7, 11) is 0. The molecule has 0 nitrogen and oxygen atoms in total. The fourth-order valence-corrected chi connectivity index (χ4v) is 1.22. The summed E-state index contributed by atoms with van der Waals surface area (Å²) in [6.07, 6.45) is 9.34. The predicted molar refractivity (Wildman–Crippen MR) is 49.5 cm³/mol. The molecular formula is C11H16. The lowest BCUT2D eigenvalue weighted by Crippen LogP contribution is -1.76. The Kier molecular flexibility index (Phi) is 3.19. The molecule has 0 atom stereocenters. The van der Waals surface area contributed by atoms with Gasteiger partial charge in [0, 0.05) is 0 Å². The molecule has 0 spiro atoms. The summed E-state index contributed by atoms with van der Waals surface area (Å²) in [4.78, 5) is 0. The van der Waals surface area contributed by atoms with Crippen LogP contribution in [0.5, 0.6) is 0 Å². The van der Waals surface area contributed by atoms with Crippen LogP contribution in [0.4, 0.5) is 0 Å². The van der Waals surface area contributed by atoms with E-state index >= 15 is 0 Å². The van der Waals surface area contributed by atoms with Gasteiger partial charge in [-0.1, -0.05) is 20.3 Å². The van der Waals surface area contributed by atoms with E-state index in [0.29, 0.717) is 0 Å². The zero-order chi connectivity index (χ0) is 8.10. The minimum atomic E-state index is 1.12. The van der Waals surface area contributed by atoms with Crippen LogP contribution in [0.15, 0.2) is 29.0 Å². The van der Waals surface area contributed by atoms with E-state index in [4.69, 9.17) is 0 Å². The minimum absolute atomic E-state index is 1.12. The number of allylic oxidation sites excluding steroid dienone is 3. The average molecular weight is 148 g/mol. The Morgan fingerprint density at radius 1 is 1.36 bits per heavy atom. The van der Waals surface area contributed by atoms with E-state index in [2.05, 4.69) is 31.7 Å². The molecule has 11 heavy (non-hydrogen) atoms. The molecule has 60 valence electrons. The van der Waals surface area contributed by atoms with E-state index in [0.717, 1.165) is 6.42 Å². The van der Waals surface area contributed by atoms with Crippen LogP contribution in [0, 0.1) is 0 Å². The molecule has 0 aromatic heterocycles. The molecule has 0 amide bonds. The average Bonchev–Trinajstić information content (AvgIpc) is 2.48. The highest BCUT2D eigenvalue weighted by Crippen LogP contribution is 2.17. The van der Waals surface area contributed by atoms with Crippen molar-refractivity contribution < 1.29 is 0 Å². The Labute approximate surface area is 69.3 Å². The van der Waals surface area contributed by atoms with Gasteiger partial charge in [-0.2, -0.15) is 0 Å². The maximum absolute atomic E-state index is 3.26. The second-order valence-electron chi connectivity index (χ2n) is 2.99. The fourth-order valence-electron chi connectivity index (χ4n) is 1.22. The maximum Gasteiger partial charge on any atom is -0.00600 e. The summed E-state index contributed by atoms with van der Waals surface area (Å²) in [5, 5.41) is 0. The summed E-state index contributed by atoms with van der Waals surface area (Å²) in [5.41, 5.74) is 6.08. The third kappa shape index (κ3) is 2.40. The Morgan fingerprint density at radius 2 is 2.18 bits per heavy atom. The SMILES string of the molecule is CCCCC1=CC(CC)=C=C1. The molecule has 0 aromatic rings. The van der Waals surface area contributed by atoms with Crippen molar-refractivity contribution in [3.63, 3.8) is 0 Å². The second-order valence-corrected chi connectivity index (χ2v) is 2.99. The molecule has 0 saturated heterocycles. The third-order valence-electron chi connectivity index (χ3n) is 2.00. The van der Waals surface area contributed by atoms with Crippen LogP contribution in [-0.2, 0) is 0 Å². The van der Waals surface area contributed by atoms with Crippen molar-refractivity contribution in [1.29, 1.82) is 0 Å². The number of hydrogen-bond acceptors (Lipinski definition) is 0. The standard InChI is InChI=1S/C11H16/c1-3-5-6-11-8-7-10(4-2)9-11/h8-9H,3-6H2,1-2H3. The molecule has 0 heteroatoms. The van der Waals surface area contributed by atoms with Gasteiger partial charge >= 0.3 is 0 Å². The number of rotatable bonds is 4. The summed E-state index contributed by atoms with van der Waals surface area (Å²) < 4.78 is 0. The Morgan fingerprint density at radius 3 is 2.73 bits per heavy atom. The van der Waals surface area contributed by atoms with Crippen LogP contribution in [0.3, 0.4) is 0 Å². The Balaban J connectivity index is 2.38. The van der Waals surface area contributed by atoms with Crippen molar-refractivity contribution in [2.45, 2.75) is 39.5 Å². The van der Waals surface area contributed by atoms with Crippen LogP contribution in [-0.4, -0.2) is 0 Å². The van der Waals surface area contributed by atoms with Gasteiger partial charge in [-0.25, -0.2) is 0 Å². The summed E-state index contributed by atoms with van der Waals surface area (Å²) in [6, 6.07) is 0. The van der Waals surface area contributed by atoms with Gasteiger partial charge in [0.15, 0.2) is 0 Å². The van der Waals surface area contributed by atoms with Crippen LogP contribution in [0.1, 0.15) is 39.5 Å². The lowest BCUT2D eigenvalue weighted by atomic mass is 10.1. The van der Waals surface area contributed by atoms with E-state index < -0.39 is 0 Å². The Hall–Kier alpha value is -0.740. The minimum Gasteiger partial charge on any atom is -0.117 e. The van der Waals surface area contributed by atoms with E-state index in [-0.39, 0.29) is 0 Å². The lowest BCUT2D eigenvalue weighted by Gasteiger charge is -1.95. The maximum atomic E-state index is 3.26. The van der Waals surface area contributed by atoms with Gasteiger partial charge in [0.2, 0.25) is 0 Å². The van der Waals surface area contributed by atoms with Gasteiger partial charge in [-0.15, -0.1) is 5.73 Å². The van der Waals surface area contributed by atoms with E-state index in [1.165, 1.54) is 30.4 Å². The van der Waals surface area contributed by atoms with E-state index in [1.807, 2.05) is 0 Å². The highest BCUT2D eigenvalue weighted by atomic mass is 14.0. The summed E-state index contributed by atoms with van der Waals surface area (Å²) in [5.74, 6) is 0. The topological polar surface area (TPSA) is 0 Å². The van der Waals surface area contributed by atoms with Gasteiger partial charge in [-0.3, -0.25) is 0 Å². The molecule has 0 heterocycles. The first kappa shape index (κ1) is 8.36. The molecule has 1 rings (SSSR count). The van der Waals surface area contributed by atoms with Crippen molar-refractivity contribution in [3.05, 3.63) is 29.0 Å². The van der Waals surface area contributed by atoms with Crippen molar-refractivity contribution in [3.8, 4) is 0 Å². The predicted octanol–water partition coefficient (Wildman–Crippen LogP) is 3.61. The third-order valence-corrected chi connectivity index (χ3v) is 2.00. The molecule has 0 saturated carbocycles. The van der Waals surface area contributed by atoms with Gasteiger partial charge in [-0.05, 0) is 42.6 Å². The lowest BCUT2D eigenvalue weighted by molar-refractivity contribution is 0.798. The van der Waals surface area contributed by atoms with E-state index in [9.17, 15) is 0 Å². The second kappa shape index (κ2) is 4.20. The number of unbranched alkanes of at least 4 members (excludes halogenated alkanes) is 1. The highest BCUT2D eigenvalue weighted by molar-refractivity contribution is 5.36. The summed E-state index contributed by atoms with van der Waals surface area (Å²) in [6.45, 7) is 4.41. The molecule has 0 unspecified atom stereocenters. The van der Waals surface area contributed by atoms with Crippen LogP contribution < -0.4 is 0 Å². The normalized spacial score (nSPS) is 15.1. The molecule has 1 aliphatic carbocycles. The molecule has 0 aromatic carbocycles. The first-order chi connectivity index (χ1) is 5.36. The number of hydrogen-bond donors (Lipinski definition) is 0. The summed E-state index contributed by atoms with van der Waals surface area (Å²) >= 11 is 0.